The van der Waals surface area contributed by atoms with Crippen LogP contribution >= 0.6 is 11.3 Å². The van der Waals surface area contributed by atoms with Crippen LogP contribution in [-0.2, 0) is 11.2 Å². The Balaban J connectivity index is 1.15. The maximum absolute atomic E-state index is 10.9. The minimum absolute atomic E-state index is 0.0236. The van der Waals surface area contributed by atoms with Crippen molar-refractivity contribution in [2.75, 3.05) is 36.9 Å². The van der Waals surface area contributed by atoms with E-state index in [1.807, 2.05) is 19.1 Å². The quantitative estimate of drug-likeness (QED) is 0.431. The fraction of sp³-hybridized carbons (Fsp3) is 0.458. The molecule has 0 bridgehead atoms. The number of aryl methyl sites for hydroxylation is 1. The molecule has 3 aromatic rings. The smallest absolute Gasteiger partial charge is 0.142 e. The van der Waals surface area contributed by atoms with Gasteiger partial charge >= 0.3 is 0 Å². The number of nitrogens with zero attached hydrogens (tertiary/aromatic N) is 2. The number of hydrogen-bond donors (Lipinski definition) is 4. The highest BCUT2D eigenvalue weighted by Crippen LogP contribution is 2.40. The lowest BCUT2D eigenvalue weighted by molar-refractivity contribution is -0.139. The molecule has 8 nitrogen and oxygen atoms in total. The number of benzene rings is 1. The van der Waals surface area contributed by atoms with Crippen molar-refractivity contribution in [3.8, 4) is 5.75 Å². The number of nitrogens with one attached hydrogen (secondary N) is 1. The Morgan fingerprint density at radius 2 is 2.18 bits per heavy atom. The highest BCUT2D eigenvalue weighted by molar-refractivity contribution is 7.19. The van der Waals surface area contributed by atoms with Gasteiger partial charge in [0, 0.05) is 48.4 Å². The molecule has 2 saturated heterocycles. The summed E-state index contributed by atoms with van der Waals surface area (Å²) in [6, 6.07) is 10.3. The average molecular weight is 468 g/mol. The zero-order chi connectivity index (χ0) is 22.7. The largest absolute Gasteiger partial charge is 0.492 e. The van der Waals surface area contributed by atoms with E-state index in [-0.39, 0.29) is 17.7 Å². The predicted molar refractivity (Wildman–Crippen MR) is 130 cm³/mol. The molecular weight excluding hydrogens is 438 g/mol. The number of thiophene rings is 1. The summed E-state index contributed by atoms with van der Waals surface area (Å²) in [5, 5.41) is 15.0. The van der Waals surface area contributed by atoms with Gasteiger partial charge in [0.15, 0.2) is 0 Å². The monoisotopic (exact) mass is 467 g/mol. The van der Waals surface area contributed by atoms with Crippen molar-refractivity contribution in [1.29, 1.82) is 0 Å². The Hall–Kier alpha value is -2.43. The van der Waals surface area contributed by atoms with Crippen LogP contribution in [0.25, 0.3) is 10.2 Å². The Morgan fingerprint density at radius 1 is 1.33 bits per heavy atom. The van der Waals surface area contributed by atoms with E-state index >= 15 is 0 Å². The van der Waals surface area contributed by atoms with Gasteiger partial charge in [0.05, 0.1) is 23.2 Å². The molecule has 6 N–H and O–H groups in total. The van der Waals surface area contributed by atoms with E-state index in [1.54, 1.807) is 0 Å². The minimum atomic E-state index is -0.872. The van der Waals surface area contributed by atoms with Crippen molar-refractivity contribution in [2.24, 2.45) is 5.73 Å². The van der Waals surface area contributed by atoms with Crippen molar-refractivity contribution >= 4 is 32.9 Å². The highest BCUT2D eigenvalue weighted by Gasteiger charge is 2.50. The first kappa shape index (κ1) is 21.1. The number of ether oxygens (including phenoxy) is 2. The third-order valence-corrected chi connectivity index (χ3v) is 8.36. The Labute approximate surface area is 196 Å². The van der Waals surface area contributed by atoms with Gasteiger partial charge in [-0.25, -0.2) is 4.98 Å². The fourth-order valence-electron chi connectivity index (χ4n) is 5.16. The molecular formula is C24H29N5O3S. The van der Waals surface area contributed by atoms with Gasteiger partial charge < -0.3 is 30.9 Å². The third-order valence-electron chi connectivity index (χ3n) is 7.19. The lowest BCUT2D eigenvalue weighted by atomic mass is 9.90. The van der Waals surface area contributed by atoms with Gasteiger partial charge in [-0.1, -0.05) is 6.07 Å². The van der Waals surface area contributed by atoms with E-state index in [0.717, 1.165) is 65.4 Å². The SMILES string of the molecule is Cc1ccc2c(N)c(C(O)N[C@H]3COc4cc(N5C[C@H](N)[C@]6(CCO6)C5)ccc4C3)sc2n1. The number of nitrogen functional groups attached to an aromatic ring is 1. The van der Waals surface area contributed by atoms with Crippen LogP contribution < -0.4 is 26.4 Å². The molecule has 0 saturated carbocycles. The fourth-order valence-corrected chi connectivity index (χ4v) is 6.25. The first-order valence-corrected chi connectivity index (χ1v) is 12.2. The van der Waals surface area contributed by atoms with Crippen LogP contribution in [0.2, 0.25) is 0 Å². The number of nitrogens with two attached hydrogens (primary N) is 2. The number of anilines is 2. The summed E-state index contributed by atoms with van der Waals surface area (Å²) in [6.45, 7) is 4.85. The minimum Gasteiger partial charge on any atom is -0.492 e. The number of pyridine rings is 1. The molecule has 0 radical (unpaired) electrons. The van der Waals surface area contributed by atoms with Crippen LogP contribution in [-0.4, -0.2) is 54.1 Å². The van der Waals surface area contributed by atoms with Crippen molar-refractivity contribution in [1.82, 2.24) is 10.3 Å². The van der Waals surface area contributed by atoms with Crippen LogP contribution in [0.15, 0.2) is 30.3 Å². The number of rotatable bonds is 4. The summed E-state index contributed by atoms with van der Waals surface area (Å²) in [7, 11) is 0. The van der Waals surface area contributed by atoms with Gasteiger partial charge in [-0.2, -0.15) is 0 Å². The van der Waals surface area contributed by atoms with Crippen molar-refractivity contribution in [2.45, 2.75) is 43.7 Å². The first-order chi connectivity index (χ1) is 15.9. The Morgan fingerprint density at radius 3 is 2.94 bits per heavy atom. The van der Waals surface area contributed by atoms with E-state index in [9.17, 15) is 5.11 Å². The van der Waals surface area contributed by atoms with Crippen molar-refractivity contribution < 1.29 is 14.6 Å². The molecule has 33 heavy (non-hydrogen) atoms. The number of aliphatic hydroxyl groups excluding tert-OH is 1. The molecule has 0 aliphatic carbocycles. The maximum Gasteiger partial charge on any atom is 0.142 e. The van der Waals surface area contributed by atoms with Crippen LogP contribution in [0.5, 0.6) is 5.75 Å². The molecule has 3 aliphatic rings. The zero-order valence-corrected chi connectivity index (χ0v) is 19.4. The molecule has 2 aromatic heterocycles. The molecule has 9 heteroatoms. The number of aromatic nitrogens is 1. The second kappa shape index (κ2) is 7.82. The number of fused-ring (bicyclic) bond motifs is 2. The maximum atomic E-state index is 10.9. The lowest BCUT2D eigenvalue weighted by Gasteiger charge is -2.41. The second-order valence-corrected chi connectivity index (χ2v) is 10.4. The first-order valence-electron chi connectivity index (χ1n) is 11.4. The molecule has 4 atom stereocenters. The Kier molecular flexibility index (Phi) is 5.00. The normalized spacial score (nSPS) is 27.4. The highest BCUT2D eigenvalue weighted by atomic mass is 32.1. The summed E-state index contributed by atoms with van der Waals surface area (Å²) in [6.07, 6.45) is 0.923. The van der Waals surface area contributed by atoms with E-state index in [0.29, 0.717) is 17.2 Å². The molecule has 5 heterocycles. The second-order valence-electron chi connectivity index (χ2n) is 9.41. The van der Waals surface area contributed by atoms with Crippen molar-refractivity contribution in [3.05, 3.63) is 46.5 Å². The van der Waals surface area contributed by atoms with E-state index in [1.165, 1.54) is 11.3 Å². The predicted octanol–water partition coefficient (Wildman–Crippen LogP) is 2.08. The topological polar surface area (TPSA) is 119 Å². The summed E-state index contributed by atoms with van der Waals surface area (Å²) < 4.78 is 11.9. The third kappa shape index (κ3) is 3.55. The van der Waals surface area contributed by atoms with Crippen LogP contribution in [0.4, 0.5) is 11.4 Å². The van der Waals surface area contributed by atoms with Crippen LogP contribution in [0.3, 0.4) is 0 Å². The van der Waals surface area contributed by atoms with Crippen molar-refractivity contribution in [3.63, 3.8) is 0 Å². The van der Waals surface area contributed by atoms with Gasteiger partial charge in [0.1, 0.15) is 29.0 Å². The summed E-state index contributed by atoms with van der Waals surface area (Å²) in [5.41, 5.74) is 16.2. The van der Waals surface area contributed by atoms with Crippen LogP contribution in [0, 0.1) is 6.92 Å². The average Bonchev–Trinajstić information content (AvgIpc) is 3.30. The molecule has 174 valence electrons. The molecule has 1 unspecified atom stereocenters. The summed E-state index contributed by atoms with van der Waals surface area (Å²) in [4.78, 5) is 8.37. The van der Waals surface area contributed by atoms with Gasteiger partial charge in [-0.3, -0.25) is 5.32 Å². The number of aliphatic hydroxyl groups is 1. The molecule has 2 fully saturated rings. The molecule has 3 aliphatic heterocycles. The zero-order valence-electron chi connectivity index (χ0n) is 18.6. The number of hydrogen-bond acceptors (Lipinski definition) is 9. The van der Waals surface area contributed by atoms with Crippen LogP contribution in [0.1, 0.15) is 28.8 Å². The van der Waals surface area contributed by atoms with Gasteiger partial charge in [-0.05, 0) is 37.1 Å². The lowest BCUT2D eigenvalue weighted by Crippen LogP contribution is -2.56. The van der Waals surface area contributed by atoms with Gasteiger partial charge in [-0.15, -0.1) is 11.3 Å². The van der Waals surface area contributed by atoms with Gasteiger partial charge in [0.2, 0.25) is 0 Å². The standard InChI is InChI=1S/C24H29N5O3S/c1-13-2-5-17-20(26)21(33-23(17)27-13)22(30)28-15-8-14-3-4-16(9-18(14)31-11-15)29-10-19(25)24(12-29)6-7-32-24/h2-5,9,15,19,22,28,30H,6-8,10-12,25-26H2,1H3/t15-,19+,22?,24+/m1/s1. The van der Waals surface area contributed by atoms with E-state index in [2.05, 4.69) is 33.4 Å². The van der Waals surface area contributed by atoms with E-state index in [4.69, 9.17) is 20.9 Å². The summed E-state index contributed by atoms with van der Waals surface area (Å²) >= 11 is 1.43. The molecule has 1 spiro atoms. The molecule has 1 aromatic carbocycles. The van der Waals surface area contributed by atoms with E-state index < -0.39 is 6.23 Å². The van der Waals surface area contributed by atoms with Gasteiger partial charge in [0.25, 0.3) is 0 Å². The summed E-state index contributed by atoms with van der Waals surface area (Å²) in [5.74, 6) is 0.894. The Bertz CT molecular complexity index is 1210. The molecule has 6 rings (SSSR count). The molecule has 0 amide bonds.